The van der Waals surface area contributed by atoms with E-state index >= 15 is 0 Å². The molecule has 0 aliphatic carbocycles. The smallest absolute Gasteiger partial charge is 0.145 e. The van der Waals surface area contributed by atoms with Crippen LogP contribution in [0.1, 0.15) is 23.6 Å². The van der Waals surface area contributed by atoms with E-state index < -0.39 is 0 Å². The number of hydrogen-bond donors (Lipinski definition) is 2. The molecular formula is C13H12N4S. The van der Waals surface area contributed by atoms with Crippen molar-refractivity contribution in [3.05, 3.63) is 41.7 Å². The van der Waals surface area contributed by atoms with E-state index in [1.807, 2.05) is 37.3 Å². The minimum Gasteiger partial charge on any atom is -0.382 e. The Morgan fingerprint density at radius 1 is 1.28 bits per heavy atom. The molecule has 0 aliphatic rings. The number of thiol groups is 1. The van der Waals surface area contributed by atoms with Crippen molar-refractivity contribution < 1.29 is 0 Å². The summed E-state index contributed by atoms with van der Waals surface area (Å²) in [5.41, 5.74) is 7.51. The van der Waals surface area contributed by atoms with E-state index in [0.717, 1.165) is 5.56 Å². The third-order valence-corrected chi connectivity index (χ3v) is 2.72. The van der Waals surface area contributed by atoms with E-state index in [0.29, 0.717) is 17.1 Å². The summed E-state index contributed by atoms with van der Waals surface area (Å²) in [6.45, 7) is 1.86. The average molecular weight is 256 g/mol. The van der Waals surface area contributed by atoms with Crippen LogP contribution >= 0.6 is 12.6 Å². The Hall–Kier alpha value is -2.06. The SMILES string of the molecule is CC(S)c1nc(N)c(C#N)c(-c2ccccc2)n1. The molecule has 1 aromatic carbocycles. The van der Waals surface area contributed by atoms with Crippen LogP contribution in [0.25, 0.3) is 11.3 Å². The van der Waals surface area contributed by atoms with Crippen LogP contribution in [0.4, 0.5) is 5.82 Å². The van der Waals surface area contributed by atoms with Gasteiger partial charge in [-0.2, -0.15) is 17.9 Å². The second kappa shape index (κ2) is 5.07. The fourth-order valence-electron chi connectivity index (χ4n) is 1.60. The zero-order valence-corrected chi connectivity index (χ0v) is 10.7. The molecule has 0 fully saturated rings. The van der Waals surface area contributed by atoms with Gasteiger partial charge in [0.2, 0.25) is 0 Å². The second-order valence-corrected chi connectivity index (χ2v) is 4.62. The summed E-state index contributed by atoms with van der Waals surface area (Å²) >= 11 is 4.29. The minimum atomic E-state index is -0.137. The largest absolute Gasteiger partial charge is 0.382 e. The monoisotopic (exact) mass is 256 g/mol. The van der Waals surface area contributed by atoms with Crippen LogP contribution < -0.4 is 5.73 Å². The zero-order valence-electron chi connectivity index (χ0n) is 9.83. The predicted octanol–water partition coefficient (Wildman–Crippen LogP) is 2.59. The summed E-state index contributed by atoms with van der Waals surface area (Å²) in [6.07, 6.45) is 0. The van der Waals surface area contributed by atoms with Gasteiger partial charge in [-0.3, -0.25) is 0 Å². The highest BCUT2D eigenvalue weighted by Gasteiger charge is 2.15. The molecule has 0 radical (unpaired) electrons. The molecule has 0 amide bonds. The van der Waals surface area contributed by atoms with Crippen LogP contribution in [-0.2, 0) is 0 Å². The average Bonchev–Trinajstić information content (AvgIpc) is 2.38. The highest BCUT2D eigenvalue weighted by Crippen LogP contribution is 2.27. The summed E-state index contributed by atoms with van der Waals surface area (Å²) in [4.78, 5) is 8.48. The second-order valence-electron chi connectivity index (χ2n) is 3.84. The first kappa shape index (κ1) is 12.4. The number of aromatic nitrogens is 2. The standard InChI is InChI=1S/C13H12N4S/c1-8(18)13-16-11(9-5-3-2-4-6-9)10(7-14)12(15)17-13/h2-6,8,18H,1H3,(H2,15,16,17). The van der Waals surface area contributed by atoms with Crippen molar-refractivity contribution in [3.8, 4) is 17.3 Å². The Morgan fingerprint density at radius 3 is 2.50 bits per heavy atom. The van der Waals surface area contributed by atoms with Crippen LogP contribution in [-0.4, -0.2) is 9.97 Å². The topological polar surface area (TPSA) is 75.6 Å². The first-order valence-electron chi connectivity index (χ1n) is 5.44. The molecular weight excluding hydrogens is 244 g/mol. The molecule has 1 unspecified atom stereocenters. The molecule has 0 bridgehead atoms. The highest BCUT2D eigenvalue weighted by molar-refractivity contribution is 7.80. The number of nitrogens with zero attached hydrogens (tertiary/aromatic N) is 3. The molecule has 5 heteroatoms. The number of anilines is 1. The molecule has 2 aromatic rings. The first-order valence-corrected chi connectivity index (χ1v) is 5.96. The van der Waals surface area contributed by atoms with Crippen molar-refractivity contribution >= 4 is 18.4 Å². The van der Waals surface area contributed by atoms with Crippen LogP contribution in [0.5, 0.6) is 0 Å². The molecule has 0 saturated heterocycles. The van der Waals surface area contributed by atoms with Gasteiger partial charge in [-0.05, 0) is 6.92 Å². The summed E-state index contributed by atoms with van der Waals surface area (Å²) in [5, 5.41) is 9.02. The molecule has 90 valence electrons. The Bertz CT molecular complexity index is 602. The predicted molar refractivity (Wildman–Crippen MR) is 74.0 cm³/mol. The van der Waals surface area contributed by atoms with Gasteiger partial charge in [-0.15, -0.1) is 0 Å². The molecule has 2 N–H and O–H groups in total. The normalized spacial score (nSPS) is 11.8. The van der Waals surface area contributed by atoms with Crippen molar-refractivity contribution in [1.82, 2.24) is 9.97 Å². The maximum atomic E-state index is 9.16. The van der Waals surface area contributed by atoms with Crippen molar-refractivity contribution in [3.63, 3.8) is 0 Å². The van der Waals surface area contributed by atoms with E-state index in [9.17, 15) is 0 Å². The number of nitriles is 1. The van der Waals surface area contributed by atoms with Gasteiger partial charge in [0.15, 0.2) is 0 Å². The number of nitrogen functional groups attached to an aromatic ring is 1. The molecule has 0 aliphatic heterocycles. The van der Waals surface area contributed by atoms with Gasteiger partial charge >= 0.3 is 0 Å². The van der Waals surface area contributed by atoms with Crippen molar-refractivity contribution in [1.29, 1.82) is 5.26 Å². The van der Waals surface area contributed by atoms with Crippen LogP contribution in [0.2, 0.25) is 0 Å². The number of rotatable bonds is 2. The van der Waals surface area contributed by atoms with Gasteiger partial charge in [-0.25, -0.2) is 9.97 Å². The molecule has 1 aromatic heterocycles. The molecule has 1 heterocycles. The molecule has 1 atom stereocenters. The van der Waals surface area contributed by atoms with Gasteiger partial charge in [-0.1, -0.05) is 30.3 Å². The highest BCUT2D eigenvalue weighted by atomic mass is 32.1. The molecule has 2 rings (SSSR count). The first-order chi connectivity index (χ1) is 8.63. The summed E-state index contributed by atoms with van der Waals surface area (Å²) in [5.74, 6) is 0.718. The lowest BCUT2D eigenvalue weighted by atomic mass is 10.1. The van der Waals surface area contributed by atoms with E-state index in [-0.39, 0.29) is 11.1 Å². The Labute approximate surface area is 111 Å². The lowest BCUT2D eigenvalue weighted by Crippen LogP contribution is -2.06. The third kappa shape index (κ3) is 2.29. The van der Waals surface area contributed by atoms with Gasteiger partial charge in [0, 0.05) is 5.56 Å². The van der Waals surface area contributed by atoms with E-state index in [1.54, 1.807) is 0 Å². The summed E-state index contributed by atoms with van der Waals surface area (Å²) < 4.78 is 0. The molecule has 0 spiro atoms. The Morgan fingerprint density at radius 2 is 1.94 bits per heavy atom. The maximum Gasteiger partial charge on any atom is 0.145 e. The van der Waals surface area contributed by atoms with E-state index in [1.165, 1.54) is 0 Å². The van der Waals surface area contributed by atoms with Gasteiger partial charge in [0.05, 0.1) is 10.9 Å². The van der Waals surface area contributed by atoms with Crippen molar-refractivity contribution in [2.75, 3.05) is 5.73 Å². The number of hydrogen-bond acceptors (Lipinski definition) is 5. The number of nitrogens with two attached hydrogens (primary N) is 1. The number of benzene rings is 1. The van der Waals surface area contributed by atoms with Crippen molar-refractivity contribution in [2.45, 2.75) is 12.2 Å². The lowest BCUT2D eigenvalue weighted by Gasteiger charge is -2.10. The van der Waals surface area contributed by atoms with Gasteiger partial charge in [0.1, 0.15) is 23.3 Å². The van der Waals surface area contributed by atoms with Crippen molar-refractivity contribution in [2.24, 2.45) is 0 Å². The molecule has 0 saturated carbocycles. The summed E-state index contributed by atoms with van der Waals surface area (Å²) in [7, 11) is 0. The Balaban J connectivity index is 2.69. The zero-order chi connectivity index (χ0) is 13.1. The minimum absolute atomic E-state index is 0.137. The van der Waals surface area contributed by atoms with Crippen LogP contribution in [0, 0.1) is 11.3 Å². The van der Waals surface area contributed by atoms with E-state index in [2.05, 4.69) is 28.7 Å². The maximum absolute atomic E-state index is 9.16. The van der Waals surface area contributed by atoms with Gasteiger partial charge in [0.25, 0.3) is 0 Å². The Kier molecular flexibility index (Phi) is 3.49. The molecule has 18 heavy (non-hydrogen) atoms. The van der Waals surface area contributed by atoms with Crippen LogP contribution in [0.3, 0.4) is 0 Å². The van der Waals surface area contributed by atoms with Gasteiger partial charge < -0.3 is 5.73 Å². The van der Waals surface area contributed by atoms with E-state index in [4.69, 9.17) is 11.0 Å². The quantitative estimate of drug-likeness (QED) is 0.810. The lowest BCUT2D eigenvalue weighted by molar-refractivity contribution is 0.930. The fraction of sp³-hybridized carbons (Fsp3) is 0.154. The summed E-state index contributed by atoms with van der Waals surface area (Å²) in [6, 6.07) is 11.5. The molecule has 4 nitrogen and oxygen atoms in total. The third-order valence-electron chi connectivity index (χ3n) is 2.49. The fourth-order valence-corrected chi connectivity index (χ4v) is 1.71. The van der Waals surface area contributed by atoms with Crippen LogP contribution in [0.15, 0.2) is 30.3 Å².